The Labute approximate surface area is 172 Å². The van der Waals surface area contributed by atoms with Gasteiger partial charge in [0.15, 0.2) is 5.82 Å². The zero-order valence-electron chi connectivity index (χ0n) is 15.2. The Kier molecular flexibility index (Phi) is 7.36. The van der Waals surface area contributed by atoms with Gasteiger partial charge in [0, 0.05) is 18.5 Å². The lowest BCUT2D eigenvalue weighted by Gasteiger charge is -2.23. The van der Waals surface area contributed by atoms with Crippen LogP contribution in [0.2, 0.25) is 10.0 Å². The molecule has 6 N–H and O–H groups in total. The van der Waals surface area contributed by atoms with E-state index in [4.69, 9.17) is 40.4 Å². The monoisotopic (exact) mass is 425 g/mol. The van der Waals surface area contributed by atoms with Gasteiger partial charge < -0.3 is 22.1 Å². The Morgan fingerprint density at radius 3 is 2.54 bits per heavy atom. The third-order valence-electron chi connectivity index (χ3n) is 4.14. The van der Waals surface area contributed by atoms with Gasteiger partial charge in [-0.1, -0.05) is 42.3 Å². The molecule has 1 aliphatic heterocycles. The van der Waals surface area contributed by atoms with Crippen molar-refractivity contribution >= 4 is 46.8 Å². The van der Waals surface area contributed by atoms with Crippen LogP contribution in [0.25, 0.3) is 11.3 Å². The van der Waals surface area contributed by atoms with Crippen LogP contribution in [0, 0.1) is 0 Å². The average molecular weight is 426 g/mol. The Balaban J connectivity index is 0.000000209. The molecule has 0 aliphatic carbocycles. The van der Waals surface area contributed by atoms with E-state index in [1.807, 2.05) is 6.92 Å². The quantitative estimate of drug-likeness (QED) is 0.674. The number of nitrogen functional groups attached to an aromatic ring is 2. The van der Waals surface area contributed by atoms with Gasteiger partial charge in [-0.2, -0.15) is 4.98 Å². The highest BCUT2D eigenvalue weighted by molar-refractivity contribution is 6.43. The van der Waals surface area contributed by atoms with Crippen molar-refractivity contribution in [3.63, 3.8) is 0 Å². The number of hydrogen-bond acceptors (Lipinski definition) is 7. The standard InChI is InChI=1S/C9H7Cl2N5.C8H14N2O2/c10-5-3-1-2-4(6(5)11)7-8(12)14-9(13)16-15-7;1-2-6(8(9)12)10-5-3-4-7(10)11/h1-3H,(H4,12,13,14,16);6H,2-5H2,1H3,(H2,9,12)/t;6-/m.0/s1. The molecule has 1 aromatic heterocycles. The molecule has 2 amide bonds. The minimum atomic E-state index is -0.396. The van der Waals surface area contributed by atoms with Crippen molar-refractivity contribution in [1.29, 1.82) is 0 Å². The number of rotatable bonds is 4. The number of benzene rings is 1. The normalized spacial score (nSPS) is 14.4. The molecule has 28 heavy (non-hydrogen) atoms. The van der Waals surface area contributed by atoms with E-state index in [0.717, 1.165) is 6.42 Å². The molecule has 1 fully saturated rings. The molecule has 0 radical (unpaired) electrons. The number of nitrogens with zero attached hydrogens (tertiary/aromatic N) is 4. The van der Waals surface area contributed by atoms with Gasteiger partial charge in [0.05, 0.1) is 10.0 Å². The molecule has 1 aromatic carbocycles. The molecule has 11 heteroatoms. The van der Waals surface area contributed by atoms with Gasteiger partial charge in [0.1, 0.15) is 11.7 Å². The van der Waals surface area contributed by atoms with Crippen molar-refractivity contribution in [3.05, 3.63) is 28.2 Å². The number of likely N-dealkylation sites (tertiary alicyclic amines) is 1. The van der Waals surface area contributed by atoms with Crippen LogP contribution in [-0.2, 0) is 9.59 Å². The minimum Gasteiger partial charge on any atom is -0.382 e. The number of hydrogen-bond donors (Lipinski definition) is 3. The van der Waals surface area contributed by atoms with Crippen LogP contribution in [0.3, 0.4) is 0 Å². The van der Waals surface area contributed by atoms with E-state index < -0.39 is 5.91 Å². The second kappa shape index (κ2) is 9.52. The molecule has 0 spiro atoms. The molecule has 2 aromatic rings. The fourth-order valence-electron chi connectivity index (χ4n) is 2.80. The summed E-state index contributed by atoms with van der Waals surface area (Å²) in [6.45, 7) is 2.54. The molecule has 1 saturated heterocycles. The number of aromatic nitrogens is 3. The van der Waals surface area contributed by atoms with Gasteiger partial charge in [0.25, 0.3) is 0 Å². The smallest absolute Gasteiger partial charge is 0.242 e. The summed E-state index contributed by atoms with van der Waals surface area (Å²) in [5, 5.41) is 8.24. The van der Waals surface area contributed by atoms with Crippen molar-refractivity contribution in [2.45, 2.75) is 32.2 Å². The molecular formula is C17H21Cl2N7O2. The van der Waals surface area contributed by atoms with Gasteiger partial charge in [-0.3, -0.25) is 9.59 Å². The van der Waals surface area contributed by atoms with Gasteiger partial charge >= 0.3 is 0 Å². The first-order valence-electron chi connectivity index (χ1n) is 8.55. The number of halogens is 2. The summed E-state index contributed by atoms with van der Waals surface area (Å²) in [7, 11) is 0. The fourth-order valence-corrected chi connectivity index (χ4v) is 3.19. The van der Waals surface area contributed by atoms with Crippen LogP contribution in [-0.4, -0.2) is 44.5 Å². The lowest BCUT2D eigenvalue weighted by Crippen LogP contribution is -2.44. The van der Waals surface area contributed by atoms with Crippen molar-refractivity contribution in [1.82, 2.24) is 20.1 Å². The number of nitrogens with two attached hydrogens (primary N) is 3. The molecule has 9 nitrogen and oxygen atoms in total. The van der Waals surface area contributed by atoms with E-state index >= 15 is 0 Å². The van der Waals surface area contributed by atoms with Crippen molar-refractivity contribution in [3.8, 4) is 11.3 Å². The first-order chi connectivity index (χ1) is 13.3. The van der Waals surface area contributed by atoms with Crippen LogP contribution < -0.4 is 17.2 Å². The van der Waals surface area contributed by atoms with Crippen molar-refractivity contribution < 1.29 is 9.59 Å². The topological polar surface area (TPSA) is 154 Å². The molecule has 150 valence electrons. The zero-order chi connectivity index (χ0) is 20.8. The van der Waals surface area contributed by atoms with Crippen molar-refractivity contribution in [2.24, 2.45) is 5.73 Å². The average Bonchev–Trinajstić information content (AvgIpc) is 3.05. The molecule has 0 saturated carbocycles. The largest absolute Gasteiger partial charge is 0.382 e. The SMILES string of the molecule is CC[C@@H](C(N)=O)N1CCCC1=O.Nc1nnc(-c2cccc(Cl)c2Cl)c(N)n1. The summed E-state index contributed by atoms with van der Waals surface area (Å²) in [6, 6.07) is 4.75. The third kappa shape index (κ3) is 4.99. The maximum Gasteiger partial charge on any atom is 0.242 e. The Morgan fingerprint density at radius 1 is 1.29 bits per heavy atom. The summed E-state index contributed by atoms with van der Waals surface area (Å²) >= 11 is 11.9. The molecule has 0 unspecified atom stereocenters. The molecular weight excluding hydrogens is 405 g/mol. The number of carbonyl (C=O) groups is 2. The van der Waals surface area contributed by atoms with Gasteiger partial charge in [-0.05, 0) is 18.9 Å². The lowest BCUT2D eigenvalue weighted by molar-refractivity contribution is -0.136. The first-order valence-corrected chi connectivity index (χ1v) is 9.30. The Morgan fingerprint density at radius 2 is 2.00 bits per heavy atom. The van der Waals surface area contributed by atoms with Crippen LogP contribution >= 0.6 is 23.2 Å². The highest BCUT2D eigenvalue weighted by Gasteiger charge is 2.29. The van der Waals surface area contributed by atoms with Crippen LogP contribution in [0.1, 0.15) is 26.2 Å². The van der Waals surface area contributed by atoms with Crippen LogP contribution in [0.5, 0.6) is 0 Å². The predicted molar refractivity (Wildman–Crippen MR) is 108 cm³/mol. The second-order valence-electron chi connectivity index (χ2n) is 6.02. The molecule has 2 heterocycles. The minimum absolute atomic E-state index is 0.0133. The predicted octanol–water partition coefficient (Wildman–Crippen LogP) is 1.88. The zero-order valence-corrected chi connectivity index (χ0v) is 16.7. The Bertz CT molecular complexity index is 879. The maximum absolute atomic E-state index is 11.2. The summed E-state index contributed by atoms with van der Waals surface area (Å²) in [5.74, 6) is -0.163. The highest BCUT2D eigenvalue weighted by Crippen LogP contribution is 2.34. The fraction of sp³-hybridized carbons (Fsp3) is 0.353. The second-order valence-corrected chi connectivity index (χ2v) is 6.81. The van der Waals surface area contributed by atoms with Gasteiger partial charge in [-0.15, -0.1) is 10.2 Å². The highest BCUT2D eigenvalue weighted by atomic mass is 35.5. The van der Waals surface area contributed by atoms with Crippen molar-refractivity contribution in [2.75, 3.05) is 18.0 Å². The van der Waals surface area contributed by atoms with E-state index in [1.165, 1.54) is 0 Å². The molecule has 1 aliphatic rings. The van der Waals surface area contributed by atoms with E-state index in [1.54, 1.807) is 23.1 Å². The lowest BCUT2D eigenvalue weighted by atomic mass is 10.1. The van der Waals surface area contributed by atoms with Gasteiger partial charge in [-0.25, -0.2) is 0 Å². The number of carbonyl (C=O) groups excluding carboxylic acids is 2. The third-order valence-corrected chi connectivity index (χ3v) is 4.96. The number of amides is 2. The van der Waals surface area contributed by atoms with E-state index in [0.29, 0.717) is 40.7 Å². The maximum atomic E-state index is 11.2. The van der Waals surface area contributed by atoms with E-state index in [2.05, 4.69) is 15.2 Å². The van der Waals surface area contributed by atoms with E-state index in [-0.39, 0.29) is 23.7 Å². The van der Waals surface area contributed by atoms with Crippen LogP contribution in [0.15, 0.2) is 18.2 Å². The molecule has 1 atom stereocenters. The number of anilines is 2. The summed E-state index contributed by atoms with van der Waals surface area (Å²) in [5.41, 5.74) is 17.1. The number of primary amides is 1. The summed E-state index contributed by atoms with van der Waals surface area (Å²) in [4.78, 5) is 27.5. The first kappa shape index (κ1) is 21.6. The van der Waals surface area contributed by atoms with Gasteiger partial charge in [0.2, 0.25) is 17.8 Å². The summed E-state index contributed by atoms with van der Waals surface area (Å²) in [6.07, 6.45) is 2.02. The van der Waals surface area contributed by atoms with E-state index in [9.17, 15) is 9.59 Å². The van der Waals surface area contributed by atoms with Crippen LogP contribution in [0.4, 0.5) is 11.8 Å². The summed E-state index contributed by atoms with van der Waals surface area (Å²) < 4.78 is 0. The molecule has 3 rings (SSSR count). The Hall–Kier alpha value is -2.65. The molecule has 0 bridgehead atoms.